The minimum atomic E-state index is 0.00536. The van der Waals surface area contributed by atoms with Crippen LogP contribution in [0.15, 0.2) is 43.1 Å². The summed E-state index contributed by atoms with van der Waals surface area (Å²) in [5, 5.41) is 8.76. The molecule has 0 aliphatic rings. The molecule has 7 heteroatoms. The maximum Gasteiger partial charge on any atom is 0.221 e. The zero-order valence-corrected chi connectivity index (χ0v) is 12.7. The average molecular weight is 318 g/mol. The van der Waals surface area contributed by atoms with Crippen molar-refractivity contribution in [3.05, 3.63) is 48.1 Å². The van der Waals surface area contributed by atoms with Crippen LogP contribution in [0.5, 0.6) is 0 Å². The maximum atomic E-state index is 11.9. The van der Waals surface area contributed by atoms with Crippen LogP contribution in [-0.2, 0) is 17.9 Å². The lowest BCUT2D eigenvalue weighted by Crippen LogP contribution is -2.27. The first-order valence-corrected chi connectivity index (χ1v) is 7.44. The highest BCUT2D eigenvalue weighted by molar-refractivity contribution is 6.35. The average Bonchev–Trinajstić information content (AvgIpc) is 3.15. The Labute approximate surface area is 132 Å². The first-order chi connectivity index (χ1) is 10.7. The summed E-state index contributed by atoms with van der Waals surface area (Å²) in [5.74, 6) is 0.00536. The van der Waals surface area contributed by atoms with Crippen molar-refractivity contribution >= 4 is 28.4 Å². The fraction of sp³-hybridized carbons (Fsp3) is 0.267. The Bertz CT molecular complexity index is 765. The molecular weight excluding hydrogens is 302 g/mol. The number of rotatable bonds is 6. The van der Waals surface area contributed by atoms with Gasteiger partial charge < -0.3 is 9.88 Å². The summed E-state index contributed by atoms with van der Waals surface area (Å²) in [7, 11) is 0. The minimum absolute atomic E-state index is 0.00536. The smallest absolute Gasteiger partial charge is 0.221 e. The van der Waals surface area contributed by atoms with Crippen LogP contribution in [0.2, 0.25) is 5.02 Å². The molecule has 0 saturated carbocycles. The summed E-state index contributed by atoms with van der Waals surface area (Å²) in [4.78, 5) is 15.8. The van der Waals surface area contributed by atoms with Crippen LogP contribution in [0.1, 0.15) is 6.42 Å². The number of nitrogens with one attached hydrogen (secondary N) is 1. The number of halogens is 1. The second-order valence-electron chi connectivity index (χ2n) is 4.94. The molecule has 0 saturated heterocycles. The Morgan fingerprint density at radius 3 is 3.05 bits per heavy atom. The van der Waals surface area contributed by atoms with Crippen LogP contribution in [0.25, 0.3) is 10.9 Å². The number of hydrogen-bond donors (Lipinski definition) is 1. The third kappa shape index (κ3) is 3.28. The van der Waals surface area contributed by atoms with Gasteiger partial charge in [0.1, 0.15) is 0 Å². The molecule has 1 aromatic carbocycles. The highest BCUT2D eigenvalue weighted by Gasteiger charge is 2.07. The van der Waals surface area contributed by atoms with E-state index in [9.17, 15) is 4.79 Å². The first-order valence-electron chi connectivity index (χ1n) is 7.06. The second kappa shape index (κ2) is 6.62. The van der Waals surface area contributed by atoms with Crippen LogP contribution in [0.3, 0.4) is 0 Å². The minimum Gasteiger partial charge on any atom is -0.354 e. The third-order valence-electron chi connectivity index (χ3n) is 3.44. The molecule has 22 heavy (non-hydrogen) atoms. The molecule has 1 N–H and O–H groups in total. The highest BCUT2D eigenvalue weighted by atomic mass is 35.5. The van der Waals surface area contributed by atoms with E-state index in [1.54, 1.807) is 23.4 Å². The monoisotopic (exact) mass is 317 g/mol. The predicted octanol–water partition coefficient (Wildman–Crippen LogP) is 2.09. The van der Waals surface area contributed by atoms with E-state index < -0.39 is 0 Å². The van der Waals surface area contributed by atoms with Crippen molar-refractivity contribution in [3.63, 3.8) is 0 Å². The predicted molar refractivity (Wildman–Crippen MR) is 84.6 cm³/mol. The van der Waals surface area contributed by atoms with Gasteiger partial charge in [-0.05, 0) is 12.1 Å². The number of nitrogens with zero attached hydrogens (tertiary/aromatic N) is 4. The molecule has 2 aromatic heterocycles. The number of fused-ring (bicyclic) bond motifs is 1. The lowest BCUT2D eigenvalue weighted by atomic mass is 10.2. The lowest BCUT2D eigenvalue weighted by Gasteiger charge is -2.07. The van der Waals surface area contributed by atoms with Gasteiger partial charge in [0.2, 0.25) is 5.91 Å². The van der Waals surface area contributed by atoms with Gasteiger partial charge in [0.15, 0.2) is 0 Å². The summed E-state index contributed by atoms with van der Waals surface area (Å²) in [6.07, 6.45) is 7.43. The van der Waals surface area contributed by atoms with E-state index in [1.165, 1.54) is 0 Å². The Morgan fingerprint density at radius 1 is 1.32 bits per heavy atom. The highest BCUT2D eigenvalue weighted by Crippen LogP contribution is 2.22. The second-order valence-corrected chi connectivity index (χ2v) is 5.35. The van der Waals surface area contributed by atoms with Gasteiger partial charge in [-0.2, -0.15) is 5.10 Å². The summed E-state index contributed by atoms with van der Waals surface area (Å²) in [6, 6.07) is 5.66. The van der Waals surface area contributed by atoms with E-state index in [4.69, 9.17) is 11.6 Å². The molecule has 1 amide bonds. The number of aryl methyl sites for hydroxylation is 1. The van der Waals surface area contributed by atoms with E-state index in [1.807, 2.05) is 29.0 Å². The van der Waals surface area contributed by atoms with Crippen molar-refractivity contribution in [3.8, 4) is 0 Å². The first kappa shape index (κ1) is 14.6. The molecule has 0 fully saturated rings. The molecule has 3 aromatic rings. The van der Waals surface area contributed by atoms with Gasteiger partial charge in [-0.3, -0.25) is 9.48 Å². The molecule has 0 bridgehead atoms. The SMILES string of the molecule is O=C(CCn1ncc2c(Cl)cccc21)NCCn1ccnc1. The van der Waals surface area contributed by atoms with Crippen LogP contribution in [0, 0.1) is 0 Å². The van der Waals surface area contributed by atoms with Gasteiger partial charge in [-0.25, -0.2) is 4.98 Å². The molecule has 0 radical (unpaired) electrons. The molecule has 2 heterocycles. The Hall–Kier alpha value is -2.34. The number of hydrogen-bond acceptors (Lipinski definition) is 3. The lowest BCUT2D eigenvalue weighted by molar-refractivity contribution is -0.121. The van der Waals surface area contributed by atoms with Gasteiger partial charge in [0.25, 0.3) is 0 Å². The molecule has 6 nitrogen and oxygen atoms in total. The topological polar surface area (TPSA) is 64.7 Å². The maximum absolute atomic E-state index is 11.9. The normalized spacial score (nSPS) is 11.0. The summed E-state index contributed by atoms with van der Waals surface area (Å²) in [5.41, 5.74) is 0.943. The van der Waals surface area contributed by atoms with Crippen molar-refractivity contribution in [2.24, 2.45) is 0 Å². The van der Waals surface area contributed by atoms with Crippen LogP contribution < -0.4 is 5.32 Å². The quantitative estimate of drug-likeness (QED) is 0.757. The fourth-order valence-corrected chi connectivity index (χ4v) is 2.50. The van der Waals surface area contributed by atoms with E-state index >= 15 is 0 Å². The summed E-state index contributed by atoms with van der Waals surface area (Å²) >= 11 is 6.11. The van der Waals surface area contributed by atoms with Crippen molar-refractivity contribution in [1.29, 1.82) is 0 Å². The number of imidazole rings is 1. The third-order valence-corrected chi connectivity index (χ3v) is 3.77. The summed E-state index contributed by atoms with van der Waals surface area (Å²) < 4.78 is 3.72. The van der Waals surface area contributed by atoms with E-state index in [2.05, 4.69) is 15.4 Å². The van der Waals surface area contributed by atoms with Gasteiger partial charge >= 0.3 is 0 Å². The molecule has 0 atom stereocenters. The van der Waals surface area contributed by atoms with Crippen molar-refractivity contribution in [2.75, 3.05) is 6.54 Å². The molecular formula is C15H16ClN5O. The van der Waals surface area contributed by atoms with Gasteiger partial charge in [0.05, 0.1) is 29.6 Å². The van der Waals surface area contributed by atoms with E-state index in [0.29, 0.717) is 31.1 Å². The Balaban J connectivity index is 1.51. The van der Waals surface area contributed by atoms with Crippen LogP contribution >= 0.6 is 11.6 Å². The zero-order valence-electron chi connectivity index (χ0n) is 11.9. The standard InChI is InChI=1S/C15H16ClN5O/c16-13-2-1-3-14-12(13)10-19-21(14)7-4-15(22)18-6-9-20-8-5-17-11-20/h1-3,5,8,10-11H,4,6-7,9H2,(H,18,22). The number of aromatic nitrogens is 4. The summed E-state index contributed by atoms with van der Waals surface area (Å²) in [6.45, 7) is 1.83. The molecule has 3 rings (SSSR count). The van der Waals surface area contributed by atoms with Crippen molar-refractivity contribution in [2.45, 2.75) is 19.5 Å². The fourth-order valence-electron chi connectivity index (χ4n) is 2.29. The molecule has 0 unspecified atom stereocenters. The Morgan fingerprint density at radius 2 is 2.23 bits per heavy atom. The Kier molecular flexibility index (Phi) is 4.39. The van der Waals surface area contributed by atoms with Crippen LogP contribution in [-0.4, -0.2) is 31.8 Å². The van der Waals surface area contributed by atoms with Crippen molar-refractivity contribution in [1.82, 2.24) is 24.6 Å². The van der Waals surface area contributed by atoms with Crippen LogP contribution in [0.4, 0.5) is 0 Å². The van der Waals surface area contributed by atoms with Gasteiger partial charge in [-0.15, -0.1) is 0 Å². The molecule has 114 valence electrons. The number of carbonyl (C=O) groups is 1. The van der Waals surface area contributed by atoms with Gasteiger partial charge in [0, 0.05) is 37.3 Å². The van der Waals surface area contributed by atoms with Crippen molar-refractivity contribution < 1.29 is 4.79 Å². The molecule has 0 aliphatic carbocycles. The van der Waals surface area contributed by atoms with E-state index in [-0.39, 0.29) is 5.91 Å². The van der Waals surface area contributed by atoms with E-state index in [0.717, 1.165) is 10.9 Å². The largest absolute Gasteiger partial charge is 0.354 e. The molecule has 0 spiro atoms. The number of benzene rings is 1. The zero-order chi connectivity index (χ0) is 15.4. The van der Waals surface area contributed by atoms with Gasteiger partial charge in [-0.1, -0.05) is 17.7 Å². The molecule has 0 aliphatic heterocycles. The number of carbonyl (C=O) groups excluding carboxylic acids is 1. The number of amides is 1.